The van der Waals surface area contributed by atoms with E-state index in [1.54, 1.807) is 24.3 Å². The highest BCUT2D eigenvalue weighted by Gasteiger charge is 2.48. The molecule has 0 aliphatic heterocycles. The van der Waals surface area contributed by atoms with E-state index in [0.29, 0.717) is 5.56 Å². The largest absolute Gasteiger partial charge is 0.462 e. The second-order valence-electron chi connectivity index (χ2n) is 4.69. The molecule has 0 amide bonds. The van der Waals surface area contributed by atoms with Gasteiger partial charge in [-0.05, 0) is 30.7 Å². The van der Waals surface area contributed by atoms with Crippen molar-refractivity contribution < 1.29 is 18.3 Å². The van der Waals surface area contributed by atoms with Crippen molar-refractivity contribution in [3.63, 3.8) is 0 Å². The second-order valence-corrected chi connectivity index (χ2v) is 5.61. The minimum atomic E-state index is -2.85. The van der Waals surface area contributed by atoms with Crippen LogP contribution in [-0.2, 0) is 4.74 Å². The Labute approximate surface area is 130 Å². The van der Waals surface area contributed by atoms with E-state index in [4.69, 9.17) is 10.5 Å². The fourth-order valence-corrected chi connectivity index (χ4v) is 2.37. The van der Waals surface area contributed by atoms with Gasteiger partial charge in [0.15, 0.2) is 0 Å². The lowest BCUT2D eigenvalue weighted by Gasteiger charge is -2.19. The zero-order valence-corrected chi connectivity index (χ0v) is 12.9. The molecule has 112 valence electrons. The highest BCUT2D eigenvalue weighted by molar-refractivity contribution is 9.10. The first-order valence-corrected chi connectivity index (χ1v) is 6.75. The first-order valence-electron chi connectivity index (χ1n) is 5.96. The van der Waals surface area contributed by atoms with Crippen molar-refractivity contribution >= 4 is 34.3 Å². The zero-order valence-electron chi connectivity index (χ0n) is 10.5. The summed E-state index contributed by atoms with van der Waals surface area (Å²) in [5, 5.41) is 0. The topological polar surface area (TPSA) is 52.3 Å². The van der Waals surface area contributed by atoms with E-state index in [0.717, 1.165) is 4.47 Å². The molecule has 2 N–H and O–H groups in total. The molecule has 1 aromatic rings. The van der Waals surface area contributed by atoms with Gasteiger partial charge in [-0.25, -0.2) is 13.6 Å². The summed E-state index contributed by atoms with van der Waals surface area (Å²) in [7, 11) is 0. The predicted molar refractivity (Wildman–Crippen MR) is 77.3 cm³/mol. The number of esters is 1. The maximum atomic E-state index is 13.2. The SMILES string of the molecule is Cl.N[C@H]1[C@@H](COC(=O)c2ccc(Br)cc2)CCC1(F)F. The fourth-order valence-electron chi connectivity index (χ4n) is 2.11. The Morgan fingerprint density at radius 1 is 1.40 bits per heavy atom. The van der Waals surface area contributed by atoms with E-state index in [2.05, 4.69) is 15.9 Å². The van der Waals surface area contributed by atoms with Gasteiger partial charge in [0.2, 0.25) is 0 Å². The van der Waals surface area contributed by atoms with E-state index in [-0.39, 0.29) is 31.9 Å². The highest BCUT2D eigenvalue weighted by atomic mass is 79.9. The molecule has 1 aliphatic rings. The average Bonchev–Trinajstić information content (AvgIpc) is 2.63. The molecule has 1 aliphatic carbocycles. The molecular weight excluding hydrogens is 356 g/mol. The molecule has 2 atom stereocenters. The van der Waals surface area contributed by atoms with Crippen molar-refractivity contribution in [1.82, 2.24) is 0 Å². The van der Waals surface area contributed by atoms with Gasteiger partial charge in [0.05, 0.1) is 18.2 Å². The highest BCUT2D eigenvalue weighted by Crippen LogP contribution is 2.38. The molecule has 1 aromatic carbocycles. The van der Waals surface area contributed by atoms with Crippen molar-refractivity contribution in [3.8, 4) is 0 Å². The third kappa shape index (κ3) is 3.90. The summed E-state index contributed by atoms with van der Waals surface area (Å²) in [6.07, 6.45) is 0.0381. The summed E-state index contributed by atoms with van der Waals surface area (Å²) < 4.78 is 32.3. The number of carbonyl (C=O) groups excluding carboxylic acids is 1. The number of halogens is 4. The number of benzene rings is 1. The Bertz CT molecular complexity index is 470. The van der Waals surface area contributed by atoms with E-state index in [1.807, 2.05) is 0 Å². The Kier molecular flexibility index (Phi) is 5.91. The van der Waals surface area contributed by atoms with Crippen LogP contribution in [-0.4, -0.2) is 24.5 Å². The molecule has 7 heteroatoms. The molecule has 1 fully saturated rings. The van der Waals surface area contributed by atoms with Gasteiger partial charge in [-0.2, -0.15) is 0 Å². The number of carbonyl (C=O) groups is 1. The van der Waals surface area contributed by atoms with Gasteiger partial charge in [-0.3, -0.25) is 0 Å². The van der Waals surface area contributed by atoms with Gasteiger partial charge < -0.3 is 10.5 Å². The summed E-state index contributed by atoms with van der Waals surface area (Å²) in [5.74, 6) is -3.85. The van der Waals surface area contributed by atoms with Crippen LogP contribution in [0.4, 0.5) is 8.78 Å². The predicted octanol–water partition coefficient (Wildman–Crippen LogP) is 3.40. The van der Waals surface area contributed by atoms with Crippen LogP contribution in [0.1, 0.15) is 23.2 Å². The smallest absolute Gasteiger partial charge is 0.338 e. The van der Waals surface area contributed by atoms with E-state index in [9.17, 15) is 13.6 Å². The number of rotatable bonds is 3. The van der Waals surface area contributed by atoms with Crippen LogP contribution in [0.15, 0.2) is 28.7 Å². The van der Waals surface area contributed by atoms with Crippen molar-refractivity contribution in [1.29, 1.82) is 0 Å². The zero-order chi connectivity index (χ0) is 14.0. The van der Waals surface area contributed by atoms with Crippen LogP contribution in [0, 0.1) is 5.92 Å². The lowest BCUT2D eigenvalue weighted by molar-refractivity contribution is -0.0181. The number of alkyl halides is 2. The molecule has 1 saturated carbocycles. The first-order chi connectivity index (χ1) is 8.90. The monoisotopic (exact) mass is 369 g/mol. The number of hydrogen-bond donors (Lipinski definition) is 1. The van der Waals surface area contributed by atoms with Crippen molar-refractivity contribution in [3.05, 3.63) is 34.3 Å². The molecule has 2 rings (SSSR count). The normalized spacial score (nSPS) is 24.0. The van der Waals surface area contributed by atoms with Crippen LogP contribution < -0.4 is 5.73 Å². The molecule has 20 heavy (non-hydrogen) atoms. The van der Waals surface area contributed by atoms with E-state index in [1.165, 1.54) is 0 Å². The average molecular weight is 371 g/mol. The standard InChI is InChI=1S/C13H14BrF2NO2.ClH/c14-10-3-1-8(2-4-10)12(18)19-7-9-5-6-13(15,16)11(9)17;/h1-4,9,11H,5-7,17H2;1H/t9-,11+;/m1./s1. The van der Waals surface area contributed by atoms with Gasteiger partial charge in [0.1, 0.15) is 0 Å². The molecule has 0 spiro atoms. The van der Waals surface area contributed by atoms with Crippen LogP contribution in [0.25, 0.3) is 0 Å². The Balaban J connectivity index is 0.00000200. The number of hydrogen-bond acceptors (Lipinski definition) is 3. The first kappa shape index (κ1) is 17.3. The molecule has 0 aromatic heterocycles. The third-order valence-corrected chi connectivity index (χ3v) is 3.88. The Morgan fingerprint density at radius 3 is 2.50 bits per heavy atom. The quantitative estimate of drug-likeness (QED) is 0.830. The van der Waals surface area contributed by atoms with Gasteiger partial charge in [-0.1, -0.05) is 15.9 Å². The summed E-state index contributed by atoms with van der Waals surface area (Å²) in [6, 6.07) is 5.41. The summed E-state index contributed by atoms with van der Waals surface area (Å²) >= 11 is 3.26. The van der Waals surface area contributed by atoms with Gasteiger partial charge in [0.25, 0.3) is 5.92 Å². The fraction of sp³-hybridized carbons (Fsp3) is 0.462. The van der Waals surface area contributed by atoms with Crippen molar-refractivity contribution in [2.45, 2.75) is 24.8 Å². The van der Waals surface area contributed by atoms with Crippen LogP contribution in [0.3, 0.4) is 0 Å². The molecule has 0 radical (unpaired) electrons. The minimum Gasteiger partial charge on any atom is -0.462 e. The summed E-state index contributed by atoms with van der Waals surface area (Å²) in [4.78, 5) is 11.7. The maximum absolute atomic E-state index is 13.2. The van der Waals surface area contributed by atoms with Gasteiger partial charge in [-0.15, -0.1) is 12.4 Å². The van der Waals surface area contributed by atoms with Crippen LogP contribution in [0.2, 0.25) is 0 Å². The van der Waals surface area contributed by atoms with Gasteiger partial charge in [0, 0.05) is 16.8 Å². The maximum Gasteiger partial charge on any atom is 0.338 e. The van der Waals surface area contributed by atoms with Crippen LogP contribution >= 0.6 is 28.3 Å². The lowest BCUT2D eigenvalue weighted by Crippen LogP contribution is -2.41. The van der Waals surface area contributed by atoms with Crippen molar-refractivity contribution in [2.24, 2.45) is 11.7 Å². The van der Waals surface area contributed by atoms with Crippen LogP contribution in [0.5, 0.6) is 0 Å². The lowest BCUT2D eigenvalue weighted by atomic mass is 10.1. The second kappa shape index (κ2) is 6.83. The number of ether oxygens (including phenoxy) is 1. The Hall–Kier alpha value is -0.720. The van der Waals surface area contributed by atoms with Crippen molar-refractivity contribution in [2.75, 3.05) is 6.61 Å². The molecule has 0 heterocycles. The van der Waals surface area contributed by atoms with E-state index >= 15 is 0 Å². The molecule has 3 nitrogen and oxygen atoms in total. The molecular formula is C13H15BrClF2NO2. The molecule has 0 unspecified atom stereocenters. The number of nitrogens with two attached hydrogens (primary N) is 1. The minimum absolute atomic E-state index is 0. The summed E-state index contributed by atoms with van der Waals surface area (Å²) in [5.41, 5.74) is 5.84. The third-order valence-electron chi connectivity index (χ3n) is 3.35. The molecule has 0 saturated heterocycles. The van der Waals surface area contributed by atoms with Gasteiger partial charge >= 0.3 is 5.97 Å². The Morgan fingerprint density at radius 2 is 2.00 bits per heavy atom. The molecule has 0 bridgehead atoms. The summed E-state index contributed by atoms with van der Waals surface area (Å²) in [6.45, 7) is -0.0638. The van der Waals surface area contributed by atoms with E-state index < -0.39 is 23.9 Å².